The average Bonchev–Trinajstić information content (AvgIpc) is 2.26. The Kier molecular flexibility index (Phi) is 4.12. The molecule has 1 rings (SSSR count). The molecular formula is C13H19NO3. The summed E-state index contributed by atoms with van der Waals surface area (Å²) in [4.78, 5) is 10.7. The van der Waals surface area contributed by atoms with Crippen LogP contribution < -0.4 is 5.32 Å². The molecule has 0 radical (unpaired) electrons. The van der Waals surface area contributed by atoms with Gasteiger partial charge >= 0.3 is 5.97 Å². The van der Waals surface area contributed by atoms with Crippen molar-refractivity contribution < 1.29 is 15.0 Å². The first-order chi connectivity index (χ1) is 7.83. The molecule has 1 atom stereocenters. The lowest BCUT2D eigenvalue weighted by Gasteiger charge is -2.19. The zero-order valence-electron chi connectivity index (χ0n) is 10.4. The van der Waals surface area contributed by atoms with E-state index < -0.39 is 11.6 Å². The molecule has 0 aliphatic heterocycles. The third kappa shape index (κ3) is 3.75. The van der Waals surface area contributed by atoms with Crippen LogP contribution in [0.3, 0.4) is 0 Å². The second kappa shape index (κ2) is 5.19. The minimum Gasteiger partial charge on any atom is -0.479 e. The molecule has 1 aromatic rings. The summed E-state index contributed by atoms with van der Waals surface area (Å²) < 4.78 is 0. The molecule has 0 saturated heterocycles. The van der Waals surface area contributed by atoms with Crippen LogP contribution in [0.15, 0.2) is 24.3 Å². The standard InChI is InChI=1S/C13H19NO3/c1-9(2)10-5-4-6-11(7-10)14-8-13(3,17)12(15)16/h4-7,9,14,17H,8H2,1-3H3,(H,15,16). The van der Waals surface area contributed by atoms with Gasteiger partial charge in [0.2, 0.25) is 0 Å². The monoisotopic (exact) mass is 237 g/mol. The minimum atomic E-state index is -1.76. The van der Waals surface area contributed by atoms with Crippen LogP contribution in [0.4, 0.5) is 5.69 Å². The van der Waals surface area contributed by atoms with Crippen molar-refractivity contribution >= 4 is 11.7 Å². The van der Waals surface area contributed by atoms with E-state index in [4.69, 9.17) is 5.11 Å². The van der Waals surface area contributed by atoms with Gasteiger partial charge in [-0.25, -0.2) is 4.79 Å². The number of hydrogen-bond acceptors (Lipinski definition) is 3. The second-order valence-corrected chi connectivity index (χ2v) is 4.71. The number of nitrogens with one attached hydrogen (secondary N) is 1. The number of carboxylic acid groups (broad SMARTS) is 1. The normalized spacial score (nSPS) is 14.4. The summed E-state index contributed by atoms with van der Waals surface area (Å²) in [5.41, 5.74) is 0.232. The molecule has 4 nitrogen and oxygen atoms in total. The minimum absolute atomic E-state index is 0.0239. The van der Waals surface area contributed by atoms with Crippen molar-refractivity contribution in [2.75, 3.05) is 11.9 Å². The van der Waals surface area contributed by atoms with E-state index in [2.05, 4.69) is 19.2 Å². The molecular weight excluding hydrogens is 218 g/mol. The number of carbonyl (C=O) groups is 1. The Morgan fingerprint density at radius 1 is 1.47 bits per heavy atom. The zero-order valence-corrected chi connectivity index (χ0v) is 10.4. The first-order valence-corrected chi connectivity index (χ1v) is 5.62. The maximum Gasteiger partial charge on any atom is 0.337 e. The number of hydrogen-bond donors (Lipinski definition) is 3. The molecule has 4 heteroatoms. The van der Waals surface area contributed by atoms with Crippen LogP contribution in [0.25, 0.3) is 0 Å². The van der Waals surface area contributed by atoms with Gasteiger partial charge < -0.3 is 15.5 Å². The van der Waals surface area contributed by atoms with Crippen LogP contribution in [-0.2, 0) is 4.79 Å². The molecule has 3 N–H and O–H groups in total. The number of anilines is 1. The molecule has 0 fully saturated rings. The van der Waals surface area contributed by atoms with E-state index in [1.807, 2.05) is 24.3 Å². The van der Waals surface area contributed by atoms with Gasteiger partial charge in [0, 0.05) is 5.69 Å². The van der Waals surface area contributed by atoms with Crippen molar-refractivity contribution in [1.82, 2.24) is 0 Å². The Labute approximate surface area is 101 Å². The Morgan fingerprint density at radius 2 is 2.12 bits per heavy atom. The summed E-state index contributed by atoms with van der Waals surface area (Å²) in [6, 6.07) is 7.74. The molecule has 0 aliphatic carbocycles. The fourth-order valence-electron chi connectivity index (χ4n) is 1.36. The fraction of sp³-hybridized carbons (Fsp3) is 0.462. The molecule has 1 aromatic carbocycles. The molecule has 0 amide bonds. The molecule has 0 heterocycles. The molecule has 0 spiro atoms. The molecule has 1 unspecified atom stereocenters. The topological polar surface area (TPSA) is 69.6 Å². The average molecular weight is 237 g/mol. The predicted molar refractivity (Wildman–Crippen MR) is 67.3 cm³/mol. The number of rotatable bonds is 5. The van der Waals surface area contributed by atoms with Crippen LogP contribution in [0.5, 0.6) is 0 Å². The summed E-state index contributed by atoms with van der Waals surface area (Å²) in [5.74, 6) is -0.818. The van der Waals surface area contributed by atoms with Crippen molar-refractivity contribution in [2.45, 2.75) is 32.3 Å². The number of benzene rings is 1. The number of aliphatic hydroxyl groups is 1. The Balaban J connectivity index is 2.70. The van der Waals surface area contributed by atoms with E-state index in [0.717, 1.165) is 5.69 Å². The molecule has 94 valence electrons. The SMILES string of the molecule is CC(C)c1cccc(NCC(C)(O)C(=O)O)c1. The van der Waals surface area contributed by atoms with Gasteiger partial charge in [-0.15, -0.1) is 0 Å². The van der Waals surface area contributed by atoms with Crippen LogP contribution in [-0.4, -0.2) is 28.3 Å². The van der Waals surface area contributed by atoms with E-state index in [-0.39, 0.29) is 6.54 Å². The summed E-state index contributed by atoms with van der Waals surface area (Å²) >= 11 is 0. The first-order valence-electron chi connectivity index (χ1n) is 5.62. The predicted octanol–water partition coefficient (Wildman–Crippen LogP) is 2.06. The van der Waals surface area contributed by atoms with E-state index in [1.165, 1.54) is 12.5 Å². The van der Waals surface area contributed by atoms with Crippen molar-refractivity contribution in [3.63, 3.8) is 0 Å². The molecule has 0 bridgehead atoms. The van der Waals surface area contributed by atoms with Crippen molar-refractivity contribution in [3.8, 4) is 0 Å². The second-order valence-electron chi connectivity index (χ2n) is 4.71. The van der Waals surface area contributed by atoms with Crippen molar-refractivity contribution in [1.29, 1.82) is 0 Å². The Morgan fingerprint density at radius 3 is 2.65 bits per heavy atom. The van der Waals surface area contributed by atoms with Crippen LogP contribution >= 0.6 is 0 Å². The molecule has 0 aliphatic rings. The lowest BCUT2D eigenvalue weighted by atomic mass is 10.0. The van der Waals surface area contributed by atoms with Crippen molar-refractivity contribution in [2.24, 2.45) is 0 Å². The van der Waals surface area contributed by atoms with Gasteiger partial charge in [-0.05, 0) is 30.5 Å². The summed E-state index contributed by atoms with van der Waals surface area (Å²) in [7, 11) is 0. The largest absolute Gasteiger partial charge is 0.479 e. The maximum atomic E-state index is 10.7. The van der Waals surface area contributed by atoms with E-state index in [0.29, 0.717) is 5.92 Å². The quantitative estimate of drug-likeness (QED) is 0.733. The van der Waals surface area contributed by atoms with Crippen LogP contribution in [0, 0.1) is 0 Å². The van der Waals surface area contributed by atoms with Crippen LogP contribution in [0.1, 0.15) is 32.3 Å². The maximum absolute atomic E-state index is 10.7. The fourth-order valence-corrected chi connectivity index (χ4v) is 1.36. The van der Waals surface area contributed by atoms with Gasteiger partial charge in [-0.3, -0.25) is 0 Å². The smallest absolute Gasteiger partial charge is 0.337 e. The van der Waals surface area contributed by atoms with Gasteiger partial charge in [-0.1, -0.05) is 26.0 Å². The summed E-state index contributed by atoms with van der Waals surface area (Å²) in [5, 5.41) is 21.3. The van der Waals surface area contributed by atoms with E-state index in [1.54, 1.807) is 0 Å². The van der Waals surface area contributed by atoms with E-state index in [9.17, 15) is 9.90 Å². The summed E-state index contributed by atoms with van der Waals surface area (Å²) in [6.07, 6.45) is 0. The zero-order chi connectivity index (χ0) is 13.1. The molecule has 0 saturated carbocycles. The Hall–Kier alpha value is -1.55. The lowest BCUT2D eigenvalue weighted by molar-refractivity contribution is -0.155. The number of aliphatic carboxylic acids is 1. The van der Waals surface area contributed by atoms with Gasteiger partial charge in [0.05, 0.1) is 6.54 Å². The molecule has 17 heavy (non-hydrogen) atoms. The van der Waals surface area contributed by atoms with E-state index >= 15 is 0 Å². The van der Waals surface area contributed by atoms with Gasteiger partial charge in [0.1, 0.15) is 0 Å². The summed E-state index contributed by atoms with van der Waals surface area (Å²) in [6.45, 7) is 5.43. The first kappa shape index (κ1) is 13.5. The van der Waals surface area contributed by atoms with Crippen LogP contribution in [0.2, 0.25) is 0 Å². The highest BCUT2D eigenvalue weighted by atomic mass is 16.4. The van der Waals surface area contributed by atoms with Gasteiger partial charge in [0.25, 0.3) is 0 Å². The number of carboxylic acids is 1. The Bertz CT molecular complexity index is 399. The third-order valence-corrected chi connectivity index (χ3v) is 2.65. The van der Waals surface area contributed by atoms with Gasteiger partial charge in [0.15, 0.2) is 5.60 Å². The lowest BCUT2D eigenvalue weighted by Crippen LogP contribution is -2.41. The van der Waals surface area contributed by atoms with Gasteiger partial charge in [-0.2, -0.15) is 0 Å². The highest BCUT2D eigenvalue weighted by molar-refractivity contribution is 5.77. The highest BCUT2D eigenvalue weighted by Gasteiger charge is 2.29. The highest BCUT2D eigenvalue weighted by Crippen LogP contribution is 2.19. The molecule has 0 aromatic heterocycles. The third-order valence-electron chi connectivity index (χ3n) is 2.65. The van der Waals surface area contributed by atoms with Crippen molar-refractivity contribution in [3.05, 3.63) is 29.8 Å².